The highest BCUT2D eigenvalue weighted by molar-refractivity contribution is 5.89. The minimum Gasteiger partial charge on any atom is -0.325 e. The lowest BCUT2D eigenvalue weighted by Crippen LogP contribution is -2.41. The summed E-state index contributed by atoms with van der Waals surface area (Å²) >= 11 is 0. The smallest absolute Gasteiger partial charge is 0.321 e. The number of piperidine rings is 1. The summed E-state index contributed by atoms with van der Waals surface area (Å²) in [5.41, 5.74) is 0.269. The van der Waals surface area contributed by atoms with Crippen molar-refractivity contribution in [2.45, 2.75) is 32.2 Å². The molecule has 1 aliphatic rings. The van der Waals surface area contributed by atoms with Crippen molar-refractivity contribution in [1.29, 1.82) is 0 Å². The van der Waals surface area contributed by atoms with Crippen LogP contribution in [0, 0.1) is 5.92 Å². The molecule has 1 aromatic heterocycles. The topological polar surface area (TPSA) is 63.1 Å². The van der Waals surface area contributed by atoms with Crippen LogP contribution in [0.5, 0.6) is 0 Å². The van der Waals surface area contributed by atoms with Crippen molar-refractivity contribution in [2.75, 3.05) is 18.4 Å². The Bertz CT molecular complexity index is 706. The second-order valence-corrected chi connectivity index (χ2v) is 6.45. The van der Waals surface area contributed by atoms with E-state index in [9.17, 15) is 13.6 Å². The molecule has 0 aliphatic carbocycles. The molecule has 3 rings (SSSR count). The van der Waals surface area contributed by atoms with Crippen molar-refractivity contribution in [2.24, 2.45) is 5.92 Å². The zero-order chi connectivity index (χ0) is 17.9. The first kappa shape index (κ1) is 17.3. The highest BCUT2D eigenvalue weighted by Crippen LogP contribution is 2.28. The number of carbonyl (C=O) groups is 1. The third-order valence-electron chi connectivity index (χ3n) is 4.44. The monoisotopic (exact) mass is 349 g/mol. The first-order valence-corrected chi connectivity index (χ1v) is 8.30. The molecule has 0 unspecified atom stereocenters. The quantitative estimate of drug-likeness (QED) is 0.921. The summed E-state index contributed by atoms with van der Waals surface area (Å²) in [5.74, 6) is -2.48. The summed E-state index contributed by atoms with van der Waals surface area (Å²) in [7, 11) is 0. The van der Waals surface area contributed by atoms with E-state index in [-0.39, 0.29) is 11.6 Å². The zero-order valence-electron chi connectivity index (χ0n) is 14.0. The molecule has 0 radical (unpaired) electrons. The van der Waals surface area contributed by atoms with E-state index in [0.29, 0.717) is 24.7 Å². The van der Waals surface area contributed by atoms with Gasteiger partial charge >= 0.3 is 6.03 Å². The van der Waals surface area contributed by atoms with Gasteiger partial charge in [0, 0.05) is 44.0 Å². The molecule has 134 valence electrons. The van der Waals surface area contributed by atoms with Gasteiger partial charge in [0.2, 0.25) is 0 Å². The minimum atomic E-state index is -2.93. The largest absolute Gasteiger partial charge is 0.325 e. The number of aromatic nitrogens is 3. The number of hydrogen-bond donors (Lipinski definition) is 1. The molecule has 1 saturated heterocycles. The van der Waals surface area contributed by atoms with E-state index in [2.05, 4.69) is 15.6 Å². The third-order valence-corrected chi connectivity index (χ3v) is 4.44. The summed E-state index contributed by atoms with van der Waals surface area (Å²) < 4.78 is 28.6. The fourth-order valence-electron chi connectivity index (χ4n) is 2.99. The molecule has 1 aromatic carbocycles. The Morgan fingerprint density at radius 1 is 1.36 bits per heavy atom. The van der Waals surface area contributed by atoms with Crippen LogP contribution in [0.2, 0.25) is 0 Å². The lowest BCUT2D eigenvalue weighted by Gasteiger charge is -2.32. The summed E-state index contributed by atoms with van der Waals surface area (Å²) in [6, 6.07) is 5.55. The number of hydrogen-bond acceptors (Lipinski definition) is 3. The Morgan fingerprint density at radius 2 is 2.12 bits per heavy atom. The molecular weight excluding hydrogens is 328 g/mol. The van der Waals surface area contributed by atoms with Crippen LogP contribution in [0.4, 0.5) is 19.3 Å². The second-order valence-electron chi connectivity index (χ2n) is 6.45. The molecule has 6 nitrogen and oxygen atoms in total. The SMILES string of the molecule is CC(F)(F)c1cccc(NC(=O)N2CCC(Cn3ccnn3)CC2)c1. The minimum absolute atomic E-state index is 0.114. The molecule has 0 bridgehead atoms. The van der Waals surface area contributed by atoms with Crippen LogP contribution in [0.15, 0.2) is 36.7 Å². The summed E-state index contributed by atoms with van der Waals surface area (Å²) in [6.45, 7) is 2.90. The number of benzene rings is 1. The number of nitrogens with zero attached hydrogens (tertiary/aromatic N) is 4. The Kier molecular flexibility index (Phi) is 4.96. The fourth-order valence-corrected chi connectivity index (χ4v) is 2.99. The van der Waals surface area contributed by atoms with Gasteiger partial charge in [-0.05, 0) is 30.9 Å². The number of rotatable bonds is 4. The van der Waals surface area contributed by atoms with Crippen molar-refractivity contribution >= 4 is 11.7 Å². The Labute approximate surface area is 144 Å². The highest BCUT2D eigenvalue weighted by atomic mass is 19.3. The van der Waals surface area contributed by atoms with Crippen molar-refractivity contribution in [3.8, 4) is 0 Å². The van der Waals surface area contributed by atoms with E-state index in [4.69, 9.17) is 0 Å². The van der Waals surface area contributed by atoms with Gasteiger partial charge in [-0.15, -0.1) is 5.10 Å². The van der Waals surface area contributed by atoms with Crippen LogP contribution < -0.4 is 5.32 Å². The highest BCUT2D eigenvalue weighted by Gasteiger charge is 2.26. The first-order chi connectivity index (χ1) is 11.9. The molecule has 25 heavy (non-hydrogen) atoms. The molecule has 1 aliphatic heterocycles. The van der Waals surface area contributed by atoms with Gasteiger partial charge < -0.3 is 10.2 Å². The Morgan fingerprint density at radius 3 is 2.76 bits per heavy atom. The van der Waals surface area contributed by atoms with E-state index >= 15 is 0 Å². The number of urea groups is 1. The normalized spacial score (nSPS) is 16.0. The van der Waals surface area contributed by atoms with Crippen LogP contribution in [0.1, 0.15) is 25.3 Å². The van der Waals surface area contributed by atoms with Gasteiger partial charge in [-0.1, -0.05) is 17.3 Å². The molecule has 8 heteroatoms. The van der Waals surface area contributed by atoms with E-state index in [1.807, 2.05) is 6.20 Å². The van der Waals surface area contributed by atoms with Gasteiger partial charge in [-0.25, -0.2) is 13.6 Å². The lowest BCUT2D eigenvalue weighted by atomic mass is 9.97. The number of amides is 2. The number of carbonyl (C=O) groups excluding carboxylic acids is 1. The van der Waals surface area contributed by atoms with Gasteiger partial charge in [-0.2, -0.15) is 0 Å². The molecule has 1 fully saturated rings. The second kappa shape index (κ2) is 7.16. The maximum atomic E-state index is 13.4. The van der Waals surface area contributed by atoms with Crippen LogP contribution in [-0.4, -0.2) is 39.0 Å². The molecule has 2 amide bonds. The Balaban J connectivity index is 1.53. The molecule has 0 atom stereocenters. The van der Waals surface area contributed by atoms with E-state index in [1.165, 1.54) is 18.2 Å². The molecule has 2 aromatic rings. The third kappa shape index (κ3) is 4.52. The maximum absolute atomic E-state index is 13.4. The molecule has 0 spiro atoms. The fraction of sp³-hybridized carbons (Fsp3) is 0.471. The Hall–Kier alpha value is -2.51. The number of anilines is 1. The average molecular weight is 349 g/mol. The van der Waals surface area contributed by atoms with Crippen LogP contribution in [0.25, 0.3) is 0 Å². The summed E-state index contributed by atoms with van der Waals surface area (Å²) in [6.07, 6.45) is 5.23. The maximum Gasteiger partial charge on any atom is 0.321 e. The van der Waals surface area contributed by atoms with E-state index < -0.39 is 5.92 Å². The van der Waals surface area contributed by atoms with Crippen LogP contribution in [-0.2, 0) is 12.5 Å². The predicted molar refractivity (Wildman–Crippen MR) is 89.3 cm³/mol. The lowest BCUT2D eigenvalue weighted by molar-refractivity contribution is 0.0175. The number of halogens is 2. The van der Waals surface area contributed by atoms with E-state index in [1.54, 1.807) is 21.8 Å². The first-order valence-electron chi connectivity index (χ1n) is 8.30. The number of alkyl halides is 2. The molecule has 0 saturated carbocycles. The van der Waals surface area contributed by atoms with Crippen LogP contribution >= 0.6 is 0 Å². The standard InChI is InChI=1S/C17H21F2N5O/c1-17(18,19)14-3-2-4-15(11-14)21-16(25)23-8-5-13(6-9-23)12-24-10-7-20-22-24/h2-4,7,10-11,13H,5-6,8-9,12H2,1H3,(H,21,25). The van der Waals surface area contributed by atoms with Gasteiger partial charge in [0.05, 0.1) is 6.20 Å². The number of nitrogens with one attached hydrogen (secondary N) is 1. The van der Waals surface area contributed by atoms with Gasteiger partial charge in [0.15, 0.2) is 0 Å². The van der Waals surface area contributed by atoms with Crippen molar-refractivity contribution in [3.63, 3.8) is 0 Å². The zero-order valence-corrected chi connectivity index (χ0v) is 14.0. The van der Waals surface area contributed by atoms with E-state index in [0.717, 1.165) is 26.3 Å². The van der Waals surface area contributed by atoms with Crippen molar-refractivity contribution < 1.29 is 13.6 Å². The number of likely N-dealkylation sites (tertiary alicyclic amines) is 1. The molecule has 2 heterocycles. The van der Waals surface area contributed by atoms with Gasteiger partial charge in [0.1, 0.15) is 0 Å². The molecule has 1 N–H and O–H groups in total. The predicted octanol–water partition coefficient (Wildman–Crippen LogP) is 3.33. The van der Waals surface area contributed by atoms with Gasteiger partial charge in [0.25, 0.3) is 5.92 Å². The summed E-state index contributed by atoms with van der Waals surface area (Å²) in [5, 5.41) is 10.5. The molecular formula is C17H21F2N5O. The van der Waals surface area contributed by atoms with Crippen LogP contribution in [0.3, 0.4) is 0 Å². The van der Waals surface area contributed by atoms with Crippen molar-refractivity contribution in [1.82, 2.24) is 19.9 Å². The summed E-state index contributed by atoms with van der Waals surface area (Å²) in [4.78, 5) is 14.1. The van der Waals surface area contributed by atoms with Gasteiger partial charge in [-0.3, -0.25) is 4.68 Å². The van der Waals surface area contributed by atoms with Crippen molar-refractivity contribution in [3.05, 3.63) is 42.2 Å². The average Bonchev–Trinajstić information content (AvgIpc) is 3.08.